The van der Waals surface area contributed by atoms with Crippen molar-refractivity contribution < 1.29 is 50.3 Å². The molecular formula is C20H17F6N2O5S+. The number of rotatable bonds is 6. The maximum absolute atomic E-state index is 12.9. The van der Waals surface area contributed by atoms with E-state index >= 15 is 0 Å². The highest BCUT2D eigenvalue weighted by Crippen LogP contribution is 2.30. The van der Waals surface area contributed by atoms with Gasteiger partial charge in [-0.25, -0.2) is 4.79 Å². The highest BCUT2D eigenvalue weighted by molar-refractivity contribution is 7.16. The number of hydrogen-bond donors (Lipinski definition) is 1. The topological polar surface area (TPSA) is 81.7 Å². The second-order valence-electron chi connectivity index (χ2n) is 7.20. The first-order valence-electron chi connectivity index (χ1n) is 9.66. The van der Waals surface area contributed by atoms with Gasteiger partial charge in [0.1, 0.15) is 19.3 Å². The van der Waals surface area contributed by atoms with Gasteiger partial charge in [0.15, 0.2) is 12.2 Å². The van der Waals surface area contributed by atoms with Gasteiger partial charge in [-0.3, -0.25) is 14.4 Å². The van der Waals surface area contributed by atoms with Gasteiger partial charge in [-0.1, -0.05) is 22.8 Å². The molecule has 0 radical (unpaired) electrons. The summed E-state index contributed by atoms with van der Waals surface area (Å²) in [6.45, 7) is -0.738. The Hall–Kier alpha value is -2.97. The van der Waals surface area contributed by atoms with Gasteiger partial charge in [-0.15, -0.1) is 11.3 Å². The minimum atomic E-state index is -5.23. The largest absolute Gasteiger partial charge is 0.497 e. The molecule has 1 aliphatic rings. The number of hydrogen-bond acceptors (Lipinski definition) is 6. The summed E-state index contributed by atoms with van der Waals surface area (Å²) in [5, 5.41) is 2.41. The number of hydroxylamine groups is 2. The fraction of sp³-hybridized carbons (Fsp3) is 0.350. The third-order valence-corrected chi connectivity index (χ3v) is 5.90. The zero-order valence-corrected chi connectivity index (χ0v) is 17.9. The Morgan fingerprint density at radius 3 is 2.26 bits per heavy atom. The molecule has 1 saturated heterocycles. The second-order valence-corrected chi connectivity index (χ2v) is 8.28. The number of amides is 1. The molecule has 34 heavy (non-hydrogen) atoms. The van der Waals surface area contributed by atoms with Crippen LogP contribution in [0.25, 0.3) is 0 Å². The normalized spacial score (nSPS) is 21.1. The first-order valence-corrected chi connectivity index (χ1v) is 10.5. The highest BCUT2D eigenvalue weighted by Gasteiger charge is 2.51. The number of thiophene rings is 1. The third-order valence-electron chi connectivity index (χ3n) is 4.82. The van der Waals surface area contributed by atoms with Crippen molar-refractivity contribution in [3.63, 3.8) is 0 Å². The molecule has 2 atom stereocenters. The average Bonchev–Trinajstić information content (AvgIpc) is 3.26. The molecule has 0 bridgehead atoms. The van der Waals surface area contributed by atoms with Crippen molar-refractivity contribution in [3.05, 3.63) is 52.2 Å². The quantitative estimate of drug-likeness (QED) is 0.364. The van der Waals surface area contributed by atoms with Crippen molar-refractivity contribution in [1.29, 1.82) is 0 Å². The molecule has 1 N–H and O–H groups in total. The number of benzene rings is 1. The summed E-state index contributed by atoms with van der Waals surface area (Å²) in [6.07, 6.45) is -11.2. The summed E-state index contributed by atoms with van der Waals surface area (Å²) in [5.74, 6) is -5.27. The van der Waals surface area contributed by atoms with E-state index in [1.165, 1.54) is 12.1 Å². The van der Waals surface area contributed by atoms with Crippen molar-refractivity contribution in [2.24, 2.45) is 0 Å². The molecule has 0 aliphatic carbocycles. The van der Waals surface area contributed by atoms with Gasteiger partial charge in [0.05, 0.1) is 9.75 Å². The number of nitrogens with zero attached hydrogens (tertiary/aromatic N) is 1. The van der Waals surface area contributed by atoms with E-state index < -0.39 is 45.6 Å². The molecule has 1 aliphatic heterocycles. The van der Waals surface area contributed by atoms with Crippen LogP contribution in [0.5, 0.6) is 0 Å². The van der Waals surface area contributed by atoms with E-state index in [2.05, 4.69) is 5.32 Å². The predicted octanol–water partition coefficient (Wildman–Crippen LogP) is 3.65. The van der Waals surface area contributed by atoms with Gasteiger partial charge in [0, 0.05) is 18.7 Å². The van der Waals surface area contributed by atoms with Crippen LogP contribution in [0.15, 0.2) is 42.5 Å². The molecule has 1 aromatic carbocycles. The van der Waals surface area contributed by atoms with Crippen LogP contribution in [0.1, 0.15) is 19.3 Å². The Morgan fingerprint density at radius 2 is 1.65 bits per heavy atom. The fourth-order valence-corrected chi connectivity index (χ4v) is 4.14. The van der Waals surface area contributed by atoms with Crippen LogP contribution in [0.4, 0.5) is 32.0 Å². The number of carbonyl (C=O) groups is 3. The van der Waals surface area contributed by atoms with Crippen LogP contribution >= 0.6 is 11.3 Å². The van der Waals surface area contributed by atoms with Crippen LogP contribution in [0.2, 0.25) is 0 Å². The number of ether oxygens (including phenoxy) is 1. The van der Waals surface area contributed by atoms with E-state index in [1.807, 2.05) is 0 Å². The molecule has 0 saturated carbocycles. The Kier molecular flexibility index (Phi) is 7.33. The third kappa shape index (κ3) is 5.93. The van der Waals surface area contributed by atoms with Crippen molar-refractivity contribution in [2.75, 3.05) is 26.2 Å². The predicted molar refractivity (Wildman–Crippen MR) is 107 cm³/mol. The Labute approximate surface area is 192 Å². The first kappa shape index (κ1) is 25.6. The van der Waals surface area contributed by atoms with Crippen LogP contribution in [-0.4, -0.2) is 62.4 Å². The molecule has 1 amide bonds. The van der Waals surface area contributed by atoms with E-state index in [0.717, 1.165) is 12.1 Å². The molecule has 2 unspecified atom stereocenters. The minimum Gasteiger partial charge on any atom is -0.364 e. The van der Waals surface area contributed by atoms with Crippen molar-refractivity contribution in [1.82, 2.24) is 9.96 Å². The lowest BCUT2D eigenvalue weighted by Gasteiger charge is -2.39. The monoisotopic (exact) mass is 511 g/mol. The lowest BCUT2D eigenvalue weighted by molar-refractivity contribution is -0.247. The average molecular weight is 511 g/mol. The van der Waals surface area contributed by atoms with Gasteiger partial charge in [-0.05, 0) is 12.1 Å². The van der Waals surface area contributed by atoms with Crippen molar-refractivity contribution >= 4 is 34.7 Å². The maximum Gasteiger partial charge on any atom is 0.497 e. The van der Waals surface area contributed by atoms with Gasteiger partial charge in [-0.2, -0.15) is 26.3 Å². The lowest BCUT2D eigenvalue weighted by atomic mass is 10.2. The Bertz CT molecular complexity index is 1060. The fourth-order valence-electron chi connectivity index (χ4n) is 3.26. The molecular weight excluding hydrogens is 494 g/mol. The summed E-state index contributed by atoms with van der Waals surface area (Å²) >= 11 is 0.350. The van der Waals surface area contributed by atoms with Gasteiger partial charge in [0.25, 0.3) is 11.7 Å². The Balaban J connectivity index is 1.71. The number of nitrogens with one attached hydrogen (secondary N) is 1. The number of para-hydroxylation sites is 1. The zero-order chi connectivity index (χ0) is 25.1. The summed E-state index contributed by atoms with van der Waals surface area (Å²) in [7, 11) is 0. The Morgan fingerprint density at radius 1 is 1.00 bits per heavy atom. The number of ketones is 1. The number of morpholine rings is 1. The number of quaternary nitrogens is 1. The molecule has 2 heterocycles. The smallest absolute Gasteiger partial charge is 0.364 e. The molecule has 1 aromatic heterocycles. The molecule has 0 spiro atoms. The highest BCUT2D eigenvalue weighted by atomic mass is 32.1. The van der Waals surface area contributed by atoms with E-state index in [4.69, 9.17) is 9.57 Å². The van der Waals surface area contributed by atoms with E-state index in [-0.39, 0.29) is 36.8 Å². The minimum absolute atomic E-state index is 0.107. The zero-order valence-electron chi connectivity index (χ0n) is 17.1. The maximum atomic E-state index is 12.9. The summed E-state index contributed by atoms with van der Waals surface area (Å²) in [5.41, 5.74) is 0.258. The number of halogens is 6. The number of alkyl halides is 6. The molecule has 3 rings (SSSR count). The molecule has 184 valence electrons. The van der Waals surface area contributed by atoms with Gasteiger partial charge >= 0.3 is 18.3 Å². The first-order chi connectivity index (χ1) is 15.8. The van der Waals surface area contributed by atoms with E-state index in [0.29, 0.717) is 11.3 Å². The molecule has 2 aromatic rings. The summed E-state index contributed by atoms with van der Waals surface area (Å²) < 4.78 is 81.0. The number of Topliss-reactive ketones (excluding diaryl/α,β-unsaturated/α-hetero) is 1. The van der Waals surface area contributed by atoms with Gasteiger partial charge < -0.3 is 10.1 Å². The standard InChI is InChI=1S/C20H16F6N2O5S/c21-19(22,23)16(29)14-6-7-15(34-14)17(30)27-10-13-11-28(8-9-32-13,12-4-2-1-3-5-12)33-18(31)20(24,25)26/h1-7,13H,8-11H2/p+1. The van der Waals surface area contributed by atoms with Crippen LogP contribution in [-0.2, 0) is 14.4 Å². The molecule has 14 heteroatoms. The van der Waals surface area contributed by atoms with Gasteiger partial charge in [0.2, 0.25) is 0 Å². The lowest BCUT2D eigenvalue weighted by Crippen LogP contribution is -2.62. The van der Waals surface area contributed by atoms with Crippen molar-refractivity contribution in [2.45, 2.75) is 18.5 Å². The number of carbonyl (C=O) groups excluding carboxylic acids is 3. The van der Waals surface area contributed by atoms with Crippen LogP contribution in [0, 0.1) is 0 Å². The molecule has 1 fully saturated rings. The summed E-state index contributed by atoms with van der Waals surface area (Å²) in [6, 6.07) is 9.63. The SMILES string of the molecule is O=C(NCC1C[N+](OC(=O)C(F)(F)F)(c2ccccc2)CCO1)c1ccc(C(=O)C(F)(F)F)s1. The van der Waals surface area contributed by atoms with E-state index in [1.54, 1.807) is 18.2 Å². The van der Waals surface area contributed by atoms with Crippen LogP contribution < -0.4 is 9.96 Å². The molecule has 7 nitrogen and oxygen atoms in total. The van der Waals surface area contributed by atoms with Crippen LogP contribution in [0.3, 0.4) is 0 Å². The summed E-state index contributed by atoms with van der Waals surface area (Å²) in [4.78, 5) is 39.2. The van der Waals surface area contributed by atoms with Crippen molar-refractivity contribution in [3.8, 4) is 0 Å². The van der Waals surface area contributed by atoms with E-state index in [9.17, 15) is 40.7 Å². The second kappa shape index (κ2) is 9.72.